The quantitative estimate of drug-likeness (QED) is 0.841. The van der Waals surface area contributed by atoms with Gasteiger partial charge in [0.2, 0.25) is 0 Å². The van der Waals surface area contributed by atoms with Crippen molar-refractivity contribution in [1.82, 2.24) is 9.97 Å². The van der Waals surface area contributed by atoms with Crippen LogP contribution >= 0.6 is 0 Å². The summed E-state index contributed by atoms with van der Waals surface area (Å²) in [7, 11) is 0. The minimum absolute atomic E-state index is 0.183. The molecule has 0 bridgehead atoms. The molecule has 0 amide bonds. The summed E-state index contributed by atoms with van der Waals surface area (Å²) in [5.74, 6) is 2.91. The number of nitrogen functional groups attached to an aromatic ring is 1. The lowest BCUT2D eigenvalue weighted by Gasteiger charge is -2.26. The molecule has 1 saturated heterocycles. The molecule has 1 unspecified atom stereocenters. The molecule has 1 aliphatic carbocycles. The topological polar surface area (TPSA) is 75.3 Å². The highest BCUT2D eigenvalue weighted by Gasteiger charge is 2.31. The smallest absolute Gasteiger partial charge is 0.137 e. The van der Waals surface area contributed by atoms with Crippen molar-refractivity contribution in [2.45, 2.75) is 44.6 Å². The Balaban J connectivity index is 1.98. The van der Waals surface area contributed by atoms with E-state index in [2.05, 4.69) is 9.88 Å². The largest absolute Gasteiger partial charge is 0.394 e. The molecule has 3 rings (SSSR count). The number of anilines is 2. The van der Waals surface area contributed by atoms with E-state index in [1.807, 2.05) is 6.92 Å². The van der Waals surface area contributed by atoms with Crippen LogP contribution in [0.2, 0.25) is 0 Å². The first-order chi connectivity index (χ1) is 8.70. The molecular formula is C13H20N4O. The molecule has 0 spiro atoms. The molecule has 2 aliphatic rings. The van der Waals surface area contributed by atoms with Crippen molar-refractivity contribution in [2.75, 3.05) is 23.8 Å². The molecule has 18 heavy (non-hydrogen) atoms. The minimum atomic E-state index is 0.183. The molecule has 2 fully saturated rings. The zero-order chi connectivity index (χ0) is 12.7. The molecule has 1 saturated carbocycles. The van der Waals surface area contributed by atoms with E-state index in [9.17, 15) is 5.11 Å². The van der Waals surface area contributed by atoms with E-state index in [1.54, 1.807) is 0 Å². The molecule has 98 valence electrons. The van der Waals surface area contributed by atoms with Crippen molar-refractivity contribution in [1.29, 1.82) is 0 Å². The van der Waals surface area contributed by atoms with Crippen molar-refractivity contribution in [3.63, 3.8) is 0 Å². The van der Waals surface area contributed by atoms with E-state index in [1.165, 1.54) is 12.8 Å². The molecule has 3 N–H and O–H groups in total. The van der Waals surface area contributed by atoms with E-state index in [0.717, 1.165) is 36.6 Å². The van der Waals surface area contributed by atoms with Crippen molar-refractivity contribution < 1.29 is 5.11 Å². The van der Waals surface area contributed by atoms with Gasteiger partial charge in [-0.3, -0.25) is 0 Å². The van der Waals surface area contributed by atoms with Gasteiger partial charge >= 0.3 is 0 Å². The van der Waals surface area contributed by atoms with Crippen LogP contribution in [0.3, 0.4) is 0 Å². The fourth-order valence-electron chi connectivity index (χ4n) is 2.65. The highest BCUT2D eigenvalue weighted by Crippen LogP contribution is 2.40. The van der Waals surface area contributed by atoms with Gasteiger partial charge in [-0.15, -0.1) is 0 Å². The van der Waals surface area contributed by atoms with Crippen molar-refractivity contribution in [3.05, 3.63) is 11.4 Å². The monoisotopic (exact) mass is 248 g/mol. The molecule has 1 aromatic rings. The van der Waals surface area contributed by atoms with Crippen LogP contribution < -0.4 is 10.6 Å². The van der Waals surface area contributed by atoms with Gasteiger partial charge in [0, 0.05) is 18.0 Å². The van der Waals surface area contributed by atoms with Crippen LogP contribution in [0.25, 0.3) is 0 Å². The Hall–Kier alpha value is -1.36. The summed E-state index contributed by atoms with van der Waals surface area (Å²) >= 11 is 0. The van der Waals surface area contributed by atoms with E-state index in [-0.39, 0.29) is 12.6 Å². The number of hydrogen-bond acceptors (Lipinski definition) is 5. The third kappa shape index (κ3) is 1.92. The van der Waals surface area contributed by atoms with Crippen molar-refractivity contribution in [3.8, 4) is 0 Å². The Kier molecular flexibility index (Phi) is 2.86. The van der Waals surface area contributed by atoms with E-state index in [4.69, 9.17) is 10.7 Å². The zero-order valence-corrected chi connectivity index (χ0v) is 10.8. The van der Waals surface area contributed by atoms with E-state index < -0.39 is 0 Å². The summed E-state index contributed by atoms with van der Waals surface area (Å²) in [6.45, 7) is 3.10. The van der Waals surface area contributed by atoms with Crippen LogP contribution in [0.4, 0.5) is 11.6 Å². The Bertz CT molecular complexity index is 459. The summed E-state index contributed by atoms with van der Waals surface area (Å²) < 4.78 is 0. The minimum Gasteiger partial charge on any atom is -0.394 e. The van der Waals surface area contributed by atoms with Crippen LogP contribution in [-0.2, 0) is 0 Å². The second kappa shape index (κ2) is 4.39. The fraction of sp³-hybridized carbons (Fsp3) is 0.692. The SMILES string of the molecule is Cc1c(N)nc(C2CC2)nc1N1CCCC1CO. The number of aliphatic hydroxyl groups excluding tert-OH is 1. The average Bonchev–Trinajstić information content (AvgIpc) is 3.11. The maximum atomic E-state index is 9.43. The van der Waals surface area contributed by atoms with Gasteiger partial charge in [0.05, 0.1) is 12.6 Å². The number of aromatic nitrogens is 2. The van der Waals surface area contributed by atoms with E-state index in [0.29, 0.717) is 11.7 Å². The van der Waals surface area contributed by atoms with Gasteiger partial charge in [-0.25, -0.2) is 9.97 Å². The second-order valence-corrected chi connectivity index (χ2v) is 5.36. The number of aliphatic hydroxyl groups is 1. The Labute approximate surface area is 107 Å². The first-order valence-electron chi connectivity index (χ1n) is 6.72. The lowest BCUT2D eigenvalue weighted by molar-refractivity contribution is 0.266. The Morgan fingerprint density at radius 3 is 2.78 bits per heavy atom. The number of hydrogen-bond donors (Lipinski definition) is 2. The van der Waals surface area contributed by atoms with Gasteiger partial charge in [0.1, 0.15) is 17.5 Å². The number of nitrogens with zero attached hydrogens (tertiary/aromatic N) is 3. The third-order valence-corrected chi connectivity index (χ3v) is 3.98. The predicted octanol–water partition coefficient (Wildman–Crippen LogP) is 1.21. The number of nitrogens with two attached hydrogens (primary N) is 1. The molecule has 2 heterocycles. The predicted molar refractivity (Wildman–Crippen MR) is 70.6 cm³/mol. The fourth-order valence-corrected chi connectivity index (χ4v) is 2.65. The van der Waals surface area contributed by atoms with Crippen LogP contribution in [-0.4, -0.2) is 34.3 Å². The molecule has 5 heteroatoms. The third-order valence-electron chi connectivity index (χ3n) is 3.98. The average molecular weight is 248 g/mol. The highest BCUT2D eigenvalue weighted by atomic mass is 16.3. The van der Waals surface area contributed by atoms with Crippen molar-refractivity contribution >= 4 is 11.6 Å². The molecule has 1 aromatic heterocycles. The summed E-state index contributed by atoms with van der Waals surface area (Å²) in [4.78, 5) is 11.3. The van der Waals surface area contributed by atoms with Crippen LogP contribution in [0.5, 0.6) is 0 Å². The number of rotatable bonds is 3. The Morgan fingerprint density at radius 1 is 1.33 bits per heavy atom. The zero-order valence-electron chi connectivity index (χ0n) is 10.8. The summed E-state index contributed by atoms with van der Waals surface area (Å²) in [5.41, 5.74) is 6.95. The lowest BCUT2D eigenvalue weighted by Crippen LogP contribution is -2.33. The lowest BCUT2D eigenvalue weighted by atomic mass is 10.2. The van der Waals surface area contributed by atoms with Crippen LogP contribution in [0.1, 0.15) is 43.0 Å². The highest BCUT2D eigenvalue weighted by molar-refractivity contribution is 5.58. The molecule has 1 atom stereocenters. The van der Waals surface area contributed by atoms with Gasteiger partial charge < -0.3 is 15.7 Å². The normalized spacial score (nSPS) is 23.7. The Morgan fingerprint density at radius 2 is 2.11 bits per heavy atom. The summed E-state index contributed by atoms with van der Waals surface area (Å²) in [6.07, 6.45) is 4.47. The molecule has 0 aromatic carbocycles. The second-order valence-electron chi connectivity index (χ2n) is 5.36. The maximum absolute atomic E-state index is 9.43. The summed E-state index contributed by atoms with van der Waals surface area (Å²) in [6, 6.07) is 0.185. The van der Waals surface area contributed by atoms with Crippen molar-refractivity contribution in [2.24, 2.45) is 0 Å². The van der Waals surface area contributed by atoms with E-state index >= 15 is 0 Å². The molecule has 1 aliphatic heterocycles. The molecule has 5 nitrogen and oxygen atoms in total. The first-order valence-corrected chi connectivity index (χ1v) is 6.72. The van der Waals surface area contributed by atoms with Crippen LogP contribution in [0, 0.1) is 6.92 Å². The van der Waals surface area contributed by atoms with Gasteiger partial charge in [0.15, 0.2) is 0 Å². The summed E-state index contributed by atoms with van der Waals surface area (Å²) in [5, 5.41) is 9.43. The molecular weight excluding hydrogens is 228 g/mol. The standard InChI is InChI=1S/C13H20N4O/c1-8-11(14)15-12(9-4-5-9)16-13(8)17-6-2-3-10(17)7-18/h9-10,18H,2-7H2,1H3,(H2,14,15,16). The first kappa shape index (κ1) is 11.7. The maximum Gasteiger partial charge on any atom is 0.137 e. The van der Waals surface area contributed by atoms with Gasteiger partial charge in [-0.2, -0.15) is 0 Å². The van der Waals surface area contributed by atoms with Gasteiger partial charge in [-0.1, -0.05) is 0 Å². The van der Waals surface area contributed by atoms with Crippen LogP contribution in [0.15, 0.2) is 0 Å². The van der Waals surface area contributed by atoms with Gasteiger partial charge in [0.25, 0.3) is 0 Å². The molecule has 0 radical (unpaired) electrons. The van der Waals surface area contributed by atoms with Gasteiger partial charge in [-0.05, 0) is 32.6 Å².